The second kappa shape index (κ2) is 7.55. The summed E-state index contributed by atoms with van der Waals surface area (Å²) in [7, 11) is 3.09. The zero-order valence-corrected chi connectivity index (χ0v) is 10.9. The Bertz CT molecular complexity index is 394. The summed E-state index contributed by atoms with van der Waals surface area (Å²) < 4.78 is 10.3. The first-order chi connectivity index (χ1) is 8.72. The minimum atomic E-state index is -0.164. The van der Waals surface area contributed by atoms with Crippen LogP contribution in [0.3, 0.4) is 0 Å². The molecule has 5 nitrogen and oxygen atoms in total. The number of unbranched alkanes of at least 4 members (excludes halogenated alkanes) is 1. The van der Waals surface area contributed by atoms with Crippen LogP contribution in [0.25, 0.3) is 0 Å². The number of carbonyl (C=O) groups excluding carboxylic acids is 1. The molecule has 0 saturated heterocycles. The molecule has 0 saturated carbocycles. The summed E-state index contributed by atoms with van der Waals surface area (Å²) >= 11 is 0. The number of hydrogen-bond donors (Lipinski definition) is 2. The van der Waals surface area contributed by atoms with Gasteiger partial charge in [-0.3, -0.25) is 4.79 Å². The number of amides is 1. The summed E-state index contributed by atoms with van der Waals surface area (Å²) in [6, 6.07) is 5.13. The van der Waals surface area contributed by atoms with Gasteiger partial charge in [-0.1, -0.05) is 0 Å². The van der Waals surface area contributed by atoms with Crippen LogP contribution in [-0.2, 0) is 0 Å². The van der Waals surface area contributed by atoms with Crippen molar-refractivity contribution in [2.24, 2.45) is 5.73 Å². The molecule has 0 bridgehead atoms. The highest BCUT2D eigenvalue weighted by atomic mass is 16.5. The Morgan fingerprint density at radius 1 is 1.28 bits per heavy atom. The molecule has 0 aromatic heterocycles. The van der Waals surface area contributed by atoms with Crippen molar-refractivity contribution in [1.82, 2.24) is 5.32 Å². The Kier molecular flexibility index (Phi) is 6.00. The van der Waals surface area contributed by atoms with Gasteiger partial charge in [-0.2, -0.15) is 0 Å². The van der Waals surface area contributed by atoms with Gasteiger partial charge in [0, 0.05) is 6.54 Å². The van der Waals surface area contributed by atoms with Gasteiger partial charge in [-0.15, -0.1) is 0 Å². The van der Waals surface area contributed by atoms with Gasteiger partial charge in [0.05, 0.1) is 19.8 Å². The molecule has 1 rings (SSSR count). The summed E-state index contributed by atoms with van der Waals surface area (Å²) in [6.07, 6.45) is 1.77. The first-order valence-electron chi connectivity index (χ1n) is 5.93. The van der Waals surface area contributed by atoms with Crippen LogP contribution in [0.2, 0.25) is 0 Å². The molecule has 0 atom stereocenters. The summed E-state index contributed by atoms with van der Waals surface area (Å²) in [5, 5.41) is 2.83. The van der Waals surface area contributed by atoms with E-state index in [4.69, 9.17) is 15.2 Å². The smallest absolute Gasteiger partial charge is 0.255 e. The molecule has 5 heteroatoms. The van der Waals surface area contributed by atoms with Gasteiger partial charge in [0.2, 0.25) is 0 Å². The van der Waals surface area contributed by atoms with Gasteiger partial charge in [-0.25, -0.2) is 0 Å². The largest absolute Gasteiger partial charge is 0.497 e. The highest BCUT2D eigenvalue weighted by Gasteiger charge is 2.12. The standard InChI is InChI=1S/C13H20N2O3/c1-17-10-5-6-12(18-2)11(9-10)13(16)15-8-4-3-7-14/h5-6,9H,3-4,7-8,14H2,1-2H3,(H,15,16). The lowest BCUT2D eigenvalue weighted by molar-refractivity contribution is 0.0949. The molecule has 0 radical (unpaired) electrons. The van der Waals surface area contributed by atoms with E-state index in [1.165, 1.54) is 7.11 Å². The minimum Gasteiger partial charge on any atom is -0.497 e. The molecule has 3 N–H and O–H groups in total. The highest BCUT2D eigenvalue weighted by Crippen LogP contribution is 2.23. The maximum absolute atomic E-state index is 12.0. The van der Waals surface area contributed by atoms with Gasteiger partial charge < -0.3 is 20.5 Å². The molecule has 1 aromatic rings. The maximum Gasteiger partial charge on any atom is 0.255 e. The SMILES string of the molecule is COc1ccc(OC)c(C(=O)NCCCCN)c1. The van der Waals surface area contributed by atoms with Gasteiger partial charge in [0.25, 0.3) is 5.91 Å². The monoisotopic (exact) mass is 252 g/mol. The third-order valence-electron chi connectivity index (χ3n) is 2.57. The van der Waals surface area contributed by atoms with Crippen LogP contribution in [0.5, 0.6) is 11.5 Å². The third-order valence-corrected chi connectivity index (χ3v) is 2.57. The van der Waals surface area contributed by atoms with E-state index in [0.29, 0.717) is 30.2 Å². The second-order valence-electron chi connectivity index (χ2n) is 3.82. The number of nitrogens with one attached hydrogen (secondary N) is 1. The van der Waals surface area contributed by atoms with E-state index < -0.39 is 0 Å². The molecule has 1 aromatic carbocycles. The van der Waals surface area contributed by atoms with E-state index in [0.717, 1.165) is 12.8 Å². The predicted molar refractivity (Wildman–Crippen MR) is 70.2 cm³/mol. The summed E-state index contributed by atoms with van der Waals surface area (Å²) in [6.45, 7) is 1.24. The molecule has 0 spiro atoms. The normalized spacial score (nSPS) is 9.94. The number of methoxy groups -OCH3 is 2. The Balaban J connectivity index is 2.70. The topological polar surface area (TPSA) is 73.6 Å². The van der Waals surface area contributed by atoms with E-state index >= 15 is 0 Å². The number of rotatable bonds is 7. The lowest BCUT2D eigenvalue weighted by atomic mass is 10.1. The first kappa shape index (κ1) is 14.3. The van der Waals surface area contributed by atoms with E-state index in [1.807, 2.05) is 0 Å². The molecule has 1 amide bonds. The Morgan fingerprint density at radius 3 is 2.67 bits per heavy atom. The molecule has 0 heterocycles. The molecule has 0 aliphatic rings. The molecule has 0 fully saturated rings. The second-order valence-corrected chi connectivity index (χ2v) is 3.82. The van der Waals surface area contributed by atoms with Crippen LogP contribution in [0.15, 0.2) is 18.2 Å². The zero-order chi connectivity index (χ0) is 13.4. The quantitative estimate of drug-likeness (QED) is 0.714. The van der Waals surface area contributed by atoms with E-state index in [9.17, 15) is 4.79 Å². The fourth-order valence-corrected chi connectivity index (χ4v) is 1.56. The predicted octanol–water partition coefficient (Wildman–Crippen LogP) is 1.17. The van der Waals surface area contributed by atoms with Crippen LogP contribution in [0, 0.1) is 0 Å². The van der Waals surface area contributed by atoms with Crippen molar-refractivity contribution in [3.63, 3.8) is 0 Å². The lowest BCUT2D eigenvalue weighted by Gasteiger charge is -2.10. The van der Waals surface area contributed by atoms with Crippen LogP contribution in [0.4, 0.5) is 0 Å². The van der Waals surface area contributed by atoms with Crippen molar-refractivity contribution in [3.05, 3.63) is 23.8 Å². The minimum absolute atomic E-state index is 0.164. The first-order valence-corrected chi connectivity index (χ1v) is 5.93. The highest BCUT2D eigenvalue weighted by molar-refractivity contribution is 5.97. The molecule has 0 unspecified atom stereocenters. The van der Waals surface area contributed by atoms with Crippen molar-refractivity contribution in [2.45, 2.75) is 12.8 Å². The Labute approximate surface area is 107 Å². The summed E-state index contributed by atoms with van der Waals surface area (Å²) in [5.74, 6) is 0.998. The summed E-state index contributed by atoms with van der Waals surface area (Å²) in [5.41, 5.74) is 5.87. The fourth-order valence-electron chi connectivity index (χ4n) is 1.56. The van der Waals surface area contributed by atoms with Crippen molar-refractivity contribution < 1.29 is 14.3 Å². The van der Waals surface area contributed by atoms with Crippen LogP contribution < -0.4 is 20.5 Å². The van der Waals surface area contributed by atoms with Gasteiger partial charge in [0.15, 0.2) is 0 Å². The van der Waals surface area contributed by atoms with Crippen molar-refractivity contribution in [3.8, 4) is 11.5 Å². The van der Waals surface area contributed by atoms with Crippen LogP contribution >= 0.6 is 0 Å². The Morgan fingerprint density at radius 2 is 2.06 bits per heavy atom. The van der Waals surface area contributed by atoms with Gasteiger partial charge >= 0.3 is 0 Å². The van der Waals surface area contributed by atoms with Crippen molar-refractivity contribution in [2.75, 3.05) is 27.3 Å². The van der Waals surface area contributed by atoms with Crippen LogP contribution in [0.1, 0.15) is 23.2 Å². The maximum atomic E-state index is 12.0. The number of carbonyl (C=O) groups is 1. The van der Waals surface area contributed by atoms with Crippen LogP contribution in [-0.4, -0.2) is 33.2 Å². The zero-order valence-electron chi connectivity index (χ0n) is 10.9. The van der Waals surface area contributed by atoms with E-state index in [-0.39, 0.29) is 5.91 Å². The molecule has 100 valence electrons. The van der Waals surface area contributed by atoms with Gasteiger partial charge in [-0.05, 0) is 37.6 Å². The molecule has 18 heavy (non-hydrogen) atoms. The third kappa shape index (κ3) is 3.92. The number of ether oxygens (including phenoxy) is 2. The number of benzene rings is 1. The Hall–Kier alpha value is -1.75. The lowest BCUT2D eigenvalue weighted by Crippen LogP contribution is -2.25. The fraction of sp³-hybridized carbons (Fsp3) is 0.462. The van der Waals surface area contributed by atoms with E-state index in [1.54, 1.807) is 25.3 Å². The molecule has 0 aliphatic heterocycles. The van der Waals surface area contributed by atoms with Crippen molar-refractivity contribution in [1.29, 1.82) is 0 Å². The molecule has 0 aliphatic carbocycles. The van der Waals surface area contributed by atoms with Gasteiger partial charge in [0.1, 0.15) is 11.5 Å². The molecular weight excluding hydrogens is 232 g/mol. The van der Waals surface area contributed by atoms with E-state index in [2.05, 4.69) is 5.32 Å². The average Bonchev–Trinajstić information content (AvgIpc) is 2.42. The average molecular weight is 252 g/mol. The number of nitrogens with two attached hydrogens (primary N) is 1. The number of hydrogen-bond acceptors (Lipinski definition) is 4. The molecular formula is C13H20N2O3. The van der Waals surface area contributed by atoms with Crippen molar-refractivity contribution >= 4 is 5.91 Å². The summed E-state index contributed by atoms with van der Waals surface area (Å²) in [4.78, 5) is 12.0.